The number of ether oxygens (including phenoxy) is 3. The van der Waals surface area contributed by atoms with Crippen molar-refractivity contribution in [2.24, 2.45) is 0 Å². The van der Waals surface area contributed by atoms with Crippen LogP contribution >= 0.6 is 11.8 Å². The number of aromatic nitrogens is 2. The second-order valence-electron chi connectivity index (χ2n) is 10.3. The minimum Gasteiger partial charge on any atom is -0.494 e. The molecule has 1 heterocycles. The van der Waals surface area contributed by atoms with E-state index < -0.39 is 17.7 Å². The zero-order valence-electron chi connectivity index (χ0n) is 24.0. The quantitative estimate of drug-likeness (QED) is 0.155. The van der Waals surface area contributed by atoms with Gasteiger partial charge in [0.1, 0.15) is 16.4 Å². The number of aryl methyl sites for hydroxylation is 2. The van der Waals surface area contributed by atoms with Gasteiger partial charge in [0.25, 0.3) is 0 Å². The van der Waals surface area contributed by atoms with Gasteiger partial charge in [0.15, 0.2) is 0 Å². The van der Waals surface area contributed by atoms with Crippen LogP contribution in [0.5, 0.6) is 5.75 Å². The Morgan fingerprint density at radius 3 is 2.50 bits per heavy atom. The van der Waals surface area contributed by atoms with Crippen LogP contribution in [-0.2, 0) is 9.47 Å². The number of esters is 1. The molecule has 1 amide bonds. The average molecular weight is 567 g/mol. The molecule has 0 spiro atoms. The van der Waals surface area contributed by atoms with E-state index in [-0.39, 0.29) is 5.95 Å². The van der Waals surface area contributed by atoms with Crippen LogP contribution in [0.3, 0.4) is 0 Å². The molecule has 0 aliphatic carbocycles. The van der Waals surface area contributed by atoms with Crippen molar-refractivity contribution < 1.29 is 23.8 Å². The second-order valence-corrected chi connectivity index (χ2v) is 11.4. The fraction of sp³-hybridized carbons (Fsp3) is 0.400. The Kier molecular flexibility index (Phi) is 10.8. The lowest BCUT2D eigenvalue weighted by Gasteiger charge is -2.19. The molecule has 0 aliphatic rings. The highest BCUT2D eigenvalue weighted by Gasteiger charge is 2.16. The third kappa shape index (κ3) is 9.44. The summed E-state index contributed by atoms with van der Waals surface area (Å²) >= 11 is 1.45. The van der Waals surface area contributed by atoms with Crippen LogP contribution < -0.4 is 15.8 Å². The first-order chi connectivity index (χ1) is 18.9. The highest BCUT2D eigenvalue weighted by Crippen LogP contribution is 2.33. The minimum atomic E-state index is -0.497. The van der Waals surface area contributed by atoms with Crippen LogP contribution in [0.15, 0.2) is 52.4 Å². The number of hydrogen-bond donors (Lipinski definition) is 2. The summed E-state index contributed by atoms with van der Waals surface area (Å²) in [5.74, 6) is 0.508. The number of carbonyl (C=O) groups is 2. The molecule has 0 aliphatic heterocycles. The summed E-state index contributed by atoms with van der Waals surface area (Å²) in [7, 11) is 1.36. The van der Waals surface area contributed by atoms with Crippen LogP contribution in [-0.4, -0.2) is 47.9 Å². The number of anilines is 1. The van der Waals surface area contributed by atoms with Gasteiger partial charge in [0, 0.05) is 17.0 Å². The summed E-state index contributed by atoms with van der Waals surface area (Å²) in [4.78, 5) is 33.7. The summed E-state index contributed by atoms with van der Waals surface area (Å²) in [5.41, 5.74) is 9.27. The van der Waals surface area contributed by atoms with Gasteiger partial charge in [-0.2, -0.15) is 0 Å². The monoisotopic (exact) mass is 566 g/mol. The molecule has 40 heavy (non-hydrogen) atoms. The van der Waals surface area contributed by atoms with E-state index in [1.54, 1.807) is 6.07 Å². The van der Waals surface area contributed by atoms with Gasteiger partial charge in [-0.15, -0.1) is 0 Å². The molecule has 10 heteroatoms. The zero-order valence-corrected chi connectivity index (χ0v) is 24.8. The Hall–Kier alpha value is -3.79. The SMILES string of the molecule is COC(=O)c1cc(-c2cc(Sc3cccc(OCCCCCNC(=O)OC(C)(C)C)c3)nc(N)n2)c(C)cc1C. The molecule has 0 atom stereocenters. The van der Waals surface area contributed by atoms with Gasteiger partial charge >= 0.3 is 12.1 Å². The summed E-state index contributed by atoms with van der Waals surface area (Å²) < 4.78 is 16.1. The van der Waals surface area contributed by atoms with Gasteiger partial charge in [0.2, 0.25) is 5.95 Å². The molecule has 0 fully saturated rings. The van der Waals surface area contributed by atoms with E-state index in [0.29, 0.717) is 29.4 Å². The van der Waals surface area contributed by atoms with Crippen LogP contribution in [0.25, 0.3) is 11.3 Å². The summed E-state index contributed by atoms with van der Waals surface area (Å²) in [6.07, 6.45) is 2.24. The number of nitrogen functional groups attached to an aromatic ring is 1. The first-order valence-corrected chi connectivity index (χ1v) is 14.0. The number of carbonyl (C=O) groups excluding carboxylic acids is 2. The number of nitrogens with two attached hydrogens (primary N) is 1. The molecule has 0 radical (unpaired) electrons. The molecular weight excluding hydrogens is 528 g/mol. The van der Waals surface area contributed by atoms with Crippen molar-refractivity contribution in [2.45, 2.75) is 69.4 Å². The Balaban J connectivity index is 1.58. The van der Waals surface area contributed by atoms with Crippen LogP contribution in [0.4, 0.5) is 10.7 Å². The Bertz CT molecular complexity index is 1340. The second kappa shape index (κ2) is 14.0. The average Bonchev–Trinajstić information content (AvgIpc) is 2.86. The minimum absolute atomic E-state index is 0.146. The van der Waals surface area contributed by atoms with E-state index in [1.807, 2.05) is 71.0 Å². The molecule has 214 valence electrons. The van der Waals surface area contributed by atoms with Crippen molar-refractivity contribution in [3.63, 3.8) is 0 Å². The van der Waals surface area contributed by atoms with E-state index in [1.165, 1.54) is 18.9 Å². The van der Waals surface area contributed by atoms with Crippen molar-refractivity contribution in [3.8, 4) is 17.0 Å². The fourth-order valence-electron chi connectivity index (χ4n) is 3.94. The topological polar surface area (TPSA) is 126 Å². The lowest BCUT2D eigenvalue weighted by molar-refractivity contribution is 0.0525. The smallest absolute Gasteiger partial charge is 0.407 e. The molecule has 0 saturated heterocycles. The van der Waals surface area contributed by atoms with Crippen LogP contribution in [0.1, 0.15) is 61.5 Å². The van der Waals surface area contributed by atoms with E-state index in [9.17, 15) is 9.59 Å². The Morgan fingerprint density at radius 2 is 1.77 bits per heavy atom. The molecule has 0 unspecified atom stereocenters. The van der Waals surface area contributed by atoms with Gasteiger partial charge in [0.05, 0.1) is 25.0 Å². The number of hydrogen-bond acceptors (Lipinski definition) is 9. The van der Waals surface area contributed by atoms with Crippen molar-refractivity contribution in [1.82, 2.24) is 15.3 Å². The van der Waals surface area contributed by atoms with E-state index in [2.05, 4.69) is 15.3 Å². The molecule has 3 rings (SSSR count). The summed E-state index contributed by atoms with van der Waals surface area (Å²) in [6.45, 7) is 10.5. The van der Waals surface area contributed by atoms with Crippen molar-refractivity contribution in [3.05, 3.63) is 59.2 Å². The number of amides is 1. The highest BCUT2D eigenvalue weighted by molar-refractivity contribution is 7.99. The number of methoxy groups -OCH3 is 1. The lowest BCUT2D eigenvalue weighted by Crippen LogP contribution is -2.33. The lowest BCUT2D eigenvalue weighted by atomic mass is 9.98. The Labute approximate surface area is 240 Å². The number of rotatable bonds is 11. The zero-order chi connectivity index (χ0) is 29.3. The molecule has 2 aromatic carbocycles. The molecule has 3 aromatic rings. The fourth-order valence-corrected chi connectivity index (χ4v) is 4.81. The van der Waals surface area contributed by atoms with Crippen molar-refractivity contribution in [2.75, 3.05) is 26.0 Å². The molecule has 0 bridgehead atoms. The molecular formula is C30H38N4O5S. The van der Waals surface area contributed by atoms with Gasteiger partial charge in [-0.25, -0.2) is 19.6 Å². The third-order valence-electron chi connectivity index (χ3n) is 5.76. The van der Waals surface area contributed by atoms with E-state index in [4.69, 9.17) is 19.9 Å². The maximum absolute atomic E-state index is 12.2. The third-order valence-corrected chi connectivity index (χ3v) is 6.67. The first kappa shape index (κ1) is 30.7. The summed E-state index contributed by atoms with van der Waals surface area (Å²) in [6, 6.07) is 13.4. The molecule has 3 N–H and O–H groups in total. The predicted octanol–water partition coefficient (Wildman–Crippen LogP) is 6.35. The summed E-state index contributed by atoms with van der Waals surface area (Å²) in [5, 5.41) is 3.45. The van der Waals surface area contributed by atoms with Crippen molar-refractivity contribution >= 4 is 29.8 Å². The largest absolute Gasteiger partial charge is 0.494 e. The molecule has 0 saturated carbocycles. The van der Waals surface area contributed by atoms with Gasteiger partial charge in [-0.3, -0.25) is 0 Å². The molecule has 1 aromatic heterocycles. The molecule has 9 nitrogen and oxygen atoms in total. The van der Waals surface area contributed by atoms with Gasteiger partial charge < -0.3 is 25.3 Å². The van der Waals surface area contributed by atoms with Gasteiger partial charge in [-0.1, -0.05) is 23.9 Å². The van der Waals surface area contributed by atoms with Crippen LogP contribution in [0, 0.1) is 13.8 Å². The number of nitrogens with one attached hydrogen (secondary N) is 1. The Morgan fingerprint density at radius 1 is 1.00 bits per heavy atom. The standard InChI is InChI=1S/C30H38N4O5S/c1-19-15-20(2)24(27(35)37-6)17-23(19)25-18-26(34-28(31)33-25)40-22-12-10-11-21(16-22)38-14-9-7-8-13-32-29(36)39-30(3,4)5/h10-12,15-18H,7-9,13-14H2,1-6H3,(H,32,36)(H2,31,33,34). The number of benzene rings is 2. The van der Waals surface area contributed by atoms with Gasteiger partial charge in [-0.05, 0) is 95.3 Å². The van der Waals surface area contributed by atoms with E-state index >= 15 is 0 Å². The normalized spacial score (nSPS) is 11.2. The predicted molar refractivity (Wildman–Crippen MR) is 157 cm³/mol. The van der Waals surface area contributed by atoms with Crippen molar-refractivity contribution in [1.29, 1.82) is 0 Å². The maximum atomic E-state index is 12.2. The highest BCUT2D eigenvalue weighted by atomic mass is 32.2. The van der Waals surface area contributed by atoms with Crippen LogP contribution in [0.2, 0.25) is 0 Å². The first-order valence-electron chi connectivity index (χ1n) is 13.2. The number of nitrogens with zero attached hydrogens (tertiary/aromatic N) is 2. The number of unbranched alkanes of at least 4 members (excludes halogenated alkanes) is 2. The number of alkyl carbamates (subject to hydrolysis) is 1. The van der Waals surface area contributed by atoms with E-state index in [0.717, 1.165) is 46.6 Å². The maximum Gasteiger partial charge on any atom is 0.407 e.